The van der Waals surface area contributed by atoms with Crippen molar-refractivity contribution in [2.45, 2.75) is 45.9 Å². The summed E-state index contributed by atoms with van der Waals surface area (Å²) in [6.07, 6.45) is -3.58. The maximum atomic E-state index is 12.9. The van der Waals surface area contributed by atoms with E-state index in [9.17, 15) is 18.0 Å². The van der Waals surface area contributed by atoms with Crippen LogP contribution in [0.2, 0.25) is 0 Å². The fourth-order valence-corrected chi connectivity index (χ4v) is 3.68. The average Bonchev–Trinajstić information content (AvgIpc) is 3.14. The number of ether oxygens (including phenoxy) is 1. The quantitative estimate of drug-likeness (QED) is 0.413. The topological polar surface area (TPSA) is 38.7 Å². The largest absolute Gasteiger partial charge is 0.485 e. The molecule has 0 amide bonds. The van der Waals surface area contributed by atoms with Gasteiger partial charge in [-0.15, -0.1) is 0 Å². The first-order valence-corrected chi connectivity index (χ1v) is 10.2. The predicted molar refractivity (Wildman–Crippen MR) is 109 cm³/mol. The maximum absolute atomic E-state index is 12.9. The predicted octanol–water partition coefficient (Wildman–Crippen LogP) is 6.41. The molecule has 3 nitrogen and oxygen atoms in total. The summed E-state index contributed by atoms with van der Waals surface area (Å²) < 4.78 is 49.0. The molecular weight excluding hydrogens is 399 g/mol. The maximum Gasteiger partial charge on any atom is 0.416 e. The van der Waals surface area contributed by atoms with E-state index in [1.54, 1.807) is 0 Å². The molecule has 0 saturated carbocycles. The van der Waals surface area contributed by atoms with Crippen molar-refractivity contribution in [1.82, 2.24) is 0 Å². The van der Waals surface area contributed by atoms with Gasteiger partial charge in [-0.3, -0.25) is 4.79 Å². The SMILES string of the molecule is CCC(C)C(=O)S/N=C(\C)c1cccc(C2Cc3cc(C(F)(F)F)ccc3O2)c1. The van der Waals surface area contributed by atoms with Crippen LogP contribution in [0.1, 0.15) is 55.5 Å². The molecule has 0 bridgehead atoms. The Hall–Kier alpha value is -2.28. The number of rotatable bonds is 5. The molecule has 0 aromatic heterocycles. The lowest BCUT2D eigenvalue weighted by Gasteiger charge is -2.12. The van der Waals surface area contributed by atoms with Crippen LogP contribution in [0.5, 0.6) is 5.75 Å². The van der Waals surface area contributed by atoms with Gasteiger partial charge in [0.15, 0.2) is 0 Å². The fraction of sp³-hybridized carbons (Fsp3) is 0.364. The van der Waals surface area contributed by atoms with Crippen molar-refractivity contribution in [2.24, 2.45) is 10.3 Å². The highest BCUT2D eigenvalue weighted by Gasteiger charge is 2.33. The van der Waals surface area contributed by atoms with E-state index in [0.29, 0.717) is 23.4 Å². The molecule has 2 aromatic rings. The van der Waals surface area contributed by atoms with E-state index >= 15 is 0 Å². The van der Waals surface area contributed by atoms with E-state index in [2.05, 4.69) is 4.40 Å². The second-order valence-corrected chi connectivity index (χ2v) is 7.92. The summed E-state index contributed by atoms with van der Waals surface area (Å²) in [5.74, 6) is 0.434. The number of benzene rings is 2. The number of nitrogens with zero attached hydrogens (tertiary/aromatic N) is 1. The molecule has 0 radical (unpaired) electrons. The van der Waals surface area contributed by atoms with Gasteiger partial charge in [0.2, 0.25) is 5.12 Å². The smallest absolute Gasteiger partial charge is 0.416 e. The van der Waals surface area contributed by atoms with E-state index in [0.717, 1.165) is 41.6 Å². The van der Waals surface area contributed by atoms with Crippen molar-refractivity contribution >= 4 is 22.8 Å². The third-order valence-electron chi connectivity index (χ3n) is 5.03. The normalized spacial score (nSPS) is 17.6. The van der Waals surface area contributed by atoms with Gasteiger partial charge >= 0.3 is 6.18 Å². The molecule has 2 aromatic carbocycles. The number of carbonyl (C=O) groups is 1. The Bertz CT molecular complexity index is 940. The molecule has 1 aliphatic rings. The molecule has 0 saturated heterocycles. The fourth-order valence-electron chi connectivity index (χ4n) is 3.00. The summed E-state index contributed by atoms with van der Waals surface area (Å²) in [6, 6.07) is 11.1. The van der Waals surface area contributed by atoms with Crippen molar-refractivity contribution in [3.8, 4) is 5.75 Å². The molecule has 7 heteroatoms. The van der Waals surface area contributed by atoms with E-state index in [1.165, 1.54) is 6.07 Å². The highest BCUT2D eigenvalue weighted by Crippen LogP contribution is 2.40. The second kappa shape index (κ2) is 8.61. The van der Waals surface area contributed by atoms with Crippen LogP contribution in [0.3, 0.4) is 0 Å². The summed E-state index contributed by atoms with van der Waals surface area (Å²) in [4.78, 5) is 12.0. The van der Waals surface area contributed by atoms with Crippen LogP contribution in [0.25, 0.3) is 0 Å². The van der Waals surface area contributed by atoms with Gasteiger partial charge in [0.25, 0.3) is 0 Å². The zero-order valence-corrected chi connectivity index (χ0v) is 17.2. The minimum absolute atomic E-state index is 0.0260. The Labute approximate surface area is 172 Å². The molecule has 2 atom stereocenters. The molecule has 0 spiro atoms. The van der Waals surface area contributed by atoms with Gasteiger partial charge in [-0.05, 0) is 54.3 Å². The van der Waals surface area contributed by atoms with Crippen LogP contribution in [0, 0.1) is 5.92 Å². The molecule has 1 heterocycles. The molecule has 29 heavy (non-hydrogen) atoms. The Kier molecular flexibility index (Phi) is 6.36. The highest BCUT2D eigenvalue weighted by molar-refractivity contribution is 8.12. The summed E-state index contributed by atoms with van der Waals surface area (Å²) in [5, 5.41) is 0.0260. The van der Waals surface area contributed by atoms with Gasteiger partial charge in [0.05, 0.1) is 11.3 Å². The van der Waals surface area contributed by atoms with E-state index in [1.807, 2.05) is 45.0 Å². The van der Waals surface area contributed by atoms with Gasteiger partial charge in [-0.2, -0.15) is 13.2 Å². The van der Waals surface area contributed by atoms with Crippen LogP contribution < -0.4 is 4.74 Å². The van der Waals surface area contributed by atoms with Gasteiger partial charge < -0.3 is 4.74 Å². The van der Waals surface area contributed by atoms with Crippen LogP contribution in [0.15, 0.2) is 46.9 Å². The van der Waals surface area contributed by atoms with Crippen molar-refractivity contribution in [2.75, 3.05) is 0 Å². The summed E-state index contributed by atoms with van der Waals surface area (Å²) >= 11 is 0.955. The lowest BCUT2D eigenvalue weighted by Crippen LogP contribution is -2.06. The summed E-state index contributed by atoms with van der Waals surface area (Å²) in [6.45, 7) is 5.66. The van der Waals surface area contributed by atoms with E-state index < -0.39 is 11.7 Å². The molecule has 154 valence electrons. The van der Waals surface area contributed by atoms with Crippen molar-refractivity contribution < 1.29 is 22.7 Å². The van der Waals surface area contributed by atoms with E-state index in [-0.39, 0.29) is 17.1 Å². The zero-order valence-electron chi connectivity index (χ0n) is 16.4. The molecule has 3 rings (SSSR count). The molecule has 0 N–H and O–H groups in total. The first kappa shape index (κ1) is 21.4. The van der Waals surface area contributed by atoms with Gasteiger partial charge in [-0.1, -0.05) is 32.0 Å². The Morgan fingerprint density at radius 1 is 1.28 bits per heavy atom. The molecule has 1 aliphatic heterocycles. The molecular formula is C22H22F3NO2S. The van der Waals surface area contributed by atoms with Crippen molar-refractivity contribution in [1.29, 1.82) is 0 Å². The van der Waals surface area contributed by atoms with Gasteiger partial charge in [-0.25, -0.2) is 4.40 Å². The Morgan fingerprint density at radius 3 is 2.72 bits per heavy atom. The number of hydrogen-bond acceptors (Lipinski definition) is 4. The molecule has 2 unspecified atom stereocenters. The minimum Gasteiger partial charge on any atom is -0.485 e. The zero-order chi connectivity index (χ0) is 21.2. The lowest BCUT2D eigenvalue weighted by atomic mass is 9.99. The van der Waals surface area contributed by atoms with Gasteiger partial charge in [0, 0.05) is 24.3 Å². The Balaban J connectivity index is 1.75. The lowest BCUT2D eigenvalue weighted by molar-refractivity contribution is -0.137. The van der Waals surface area contributed by atoms with E-state index in [4.69, 9.17) is 4.74 Å². The number of carbonyl (C=O) groups excluding carboxylic acids is 1. The Morgan fingerprint density at radius 2 is 2.03 bits per heavy atom. The van der Waals surface area contributed by atoms with Crippen molar-refractivity contribution in [3.05, 3.63) is 64.7 Å². The monoisotopic (exact) mass is 421 g/mol. The minimum atomic E-state index is -4.37. The van der Waals surface area contributed by atoms with Gasteiger partial charge in [0.1, 0.15) is 11.9 Å². The highest BCUT2D eigenvalue weighted by atomic mass is 32.2. The molecule has 0 aliphatic carbocycles. The number of halogens is 3. The third-order valence-corrected chi connectivity index (χ3v) is 5.97. The third kappa shape index (κ3) is 5.01. The van der Waals surface area contributed by atoms with Crippen LogP contribution in [0.4, 0.5) is 13.2 Å². The standard InChI is InChI=1S/C22H22F3NO2S/c1-4-13(2)21(27)29-26-14(3)15-6-5-7-16(10-15)20-12-17-11-18(22(23,24)25)8-9-19(17)28-20/h5-11,13,20H,4,12H2,1-3H3/b26-14+. The number of fused-ring (bicyclic) bond motifs is 1. The second-order valence-electron chi connectivity index (χ2n) is 7.15. The van der Waals surface area contributed by atoms with Crippen LogP contribution >= 0.6 is 11.9 Å². The van der Waals surface area contributed by atoms with Crippen LogP contribution in [-0.4, -0.2) is 10.8 Å². The first-order chi connectivity index (χ1) is 13.7. The first-order valence-electron chi connectivity index (χ1n) is 9.41. The summed E-state index contributed by atoms with van der Waals surface area (Å²) in [5.41, 5.74) is 2.31. The number of alkyl halides is 3. The van der Waals surface area contributed by atoms with Crippen LogP contribution in [-0.2, 0) is 17.4 Å². The van der Waals surface area contributed by atoms with Crippen molar-refractivity contribution in [3.63, 3.8) is 0 Å². The number of hydrogen-bond donors (Lipinski definition) is 0. The molecule has 0 fully saturated rings. The average molecular weight is 421 g/mol. The summed E-state index contributed by atoms with van der Waals surface area (Å²) in [7, 11) is 0.